The summed E-state index contributed by atoms with van der Waals surface area (Å²) < 4.78 is 33.5. The third-order valence-corrected chi connectivity index (χ3v) is 4.45. The van der Waals surface area contributed by atoms with Crippen molar-refractivity contribution in [3.63, 3.8) is 0 Å². The van der Waals surface area contributed by atoms with Crippen molar-refractivity contribution in [2.45, 2.75) is 20.8 Å². The van der Waals surface area contributed by atoms with Crippen molar-refractivity contribution in [1.82, 2.24) is 0 Å². The van der Waals surface area contributed by atoms with Crippen molar-refractivity contribution in [3.05, 3.63) is 99.1 Å². The van der Waals surface area contributed by atoms with Gasteiger partial charge in [0.15, 0.2) is 0 Å². The smallest absolute Gasteiger partial charge is 0.142 e. The van der Waals surface area contributed by atoms with Crippen LogP contribution >= 0.6 is 0 Å². The molecule has 0 spiro atoms. The molecule has 0 bridgehead atoms. The third kappa shape index (κ3) is 4.84. The molecule has 3 aromatic carbocycles. The number of rotatable bonds is 1. The molecule has 0 aliphatic heterocycles. The Morgan fingerprint density at radius 3 is 1.93 bits per heavy atom. The zero-order chi connectivity index (χ0) is 21.0. The summed E-state index contributed by atoms with van der Waals surface area (Å²) in [4.78, 5) is 0. The number of halogens is 2. The fourth-order valence-electron chi connectivity index (χ4n) is 2.81. The summed E-state index contributed by atoms with van der Waals surface area (Å²) in [5.74, 6) is 10.9. The van der Waals surface area contributed by atoms with Gasteiger partial charge in [0.1, 0.15) is 17.4 Å². The second-order valence-corrected chi connectivity index (χ2v) is 6.84. The van der Waals surface area contributed by atoms with Crippen LogP contribution in [0.1, 0.15) is 38.9 Å². The van der Waals surface area contributed by atoms with Gasteiger partial charge in [0, 0.05) is 11.1 Å². The van der Waals surface area contributed by atoms with Gasteiger partial charge in [-0.2, -0.15) is 0 Å². The van der Waals surface area contributed by atoms with E-state index in [9.17, 15) is 8.78 Å². The Bertz CT molecular complexity index is 1160. The third-order valence-electron chi connectivity index (χ3n) is 4.45. The van der Waals surface area contributed by atoms with E-state index in [2.05, 4.69) is 23.7 Å². The maximum Gasteiger partial charge on any atom is 0.142 e. The standard InChI is InChI=1S/C26H20F2O/c1-17-5-7-20(8-6-17)9-10-22-15-19(3)21(16-26(22)29-4)11-12-23-24(27)13-18(2)14-25(23)28/h5-8,13-16H,1-4H3. The molecule has 144 valence electrons. The van der Waals surface area contributed by atoms with E-state index in [1.54, 1.807) is 20.1 Å². The van der Waals surface area contributed by atoms with Gasteiger partial charge in [-0.05, 0) is 68.3 Å². The molecular weight excluding hydrogens is 366 g/mol. The zero-order valence-corrected chi connectivity index (χ0v) is 16.8. The Morgan fingerprint density at radius 2 is 1.31 bits per heavy atom. The fourth-order valence-corrected chi connectivity index (χ4v) is 2.81. The van der Waals surface area contributed by atoms with Crippen LogP contribution in [0.4, 0.5) is 8.78 Å². The molecular formula is C26H20F2O. The lowest BCUT2D eigenvalue weighted by molar-refractivity contribution is 0.413. The first-order chi connectivity index (χ1) is 13.9. The molecule has 0 aliphatic carbocycles. The second-order valence-electron chi connectivity index (χ2n) is 6.84. The summed E-state index contributed by atoms with van der Waals surface area (Å²) in [6, 6.07) is 14.1. The number of aryl methyl sites for hydroxylation is 3. The van der Waals surface area contributed by atoms with Crippen molar-refractivity contribution < 1.29 is 13.5 Å². The Morgan fingerprint density at radius 1 is 0.690 bits per heavy atom. The quantitative estimate of drug-likeness (QED) is 0.488. The number of benzene rings is 3. The highest BCUT2D eigenvalue weighted by Gasteiger charge is 2.09. The molecule has 0 aromatic heterocycles. The summed E-state index contributed by atoms with van der Waals surface area (Å²) in [6.07, 6.45) is 0. The van der Waals surface area contributed by atoms with E-state index in [1.165, 1.54) is 17.7 Å². The van der Waals surface area contributed by atoms with Crippen molar-refractivity contribution in [2.24, 2.45) is 0 Å². The summed E-state index contributed by atoms with van der Waals surface area (Å²) in [7, 11) is 1.55. The van der Waals surface area contributed by atoms with Crippen LogP contribution in [0, 0.1) is 56.1 Å². The highest BCUT2D eigenvalue weighted by Crippen LogP contribution is 2.23. The first kappa shape index (κ1) is 20.2. The molecule has 0 heterocycles. The SMILES string of the molecule is COc1cc(C#Cc2c(F)cc(C)cc2F)c(C)cc1C#Cc1ccc(C)cc1. The lowest BCUT2D eigenvalue weighted by Gasteiger charge is -2.07. The van der Waals surface area contributed by atoms with Crippen LogP contribution in [0.5, 0.6) is 5.75 Å². The lowest BCUT2D eigenvalue weighted by Crippen LogP contribution is -1.94. The van der Waals surface area contributed by atoms with Gasteiger partial charge in [-0.25, -0.2) is 8.78 Å². The molecule has 0 saturated carbocycles. The van der Waals surface area contributed by atoms with Crippen molar-refractivity contribution in [2.75, 3.05) is 7.11 Å². The number of methoxy groups -OCH3 is 1. The molecule has 0 N–H and O–H groups in total. The number of ether oxygens (including phenoxy) is 1. The maximum absolute atomic E-state index is 14.0. The van der Waals surface area contributed by atoms with Gasteiger partial charge in [0.05, 0.1) is 18.2 Å². The number of hydrogen-bond acceptors (Lipinski definition) is 1. The van der Waals surface area contributed by atoms with Gasteiger partial charge < -0.3 is 4.74 Å². The van der Waals surface area contributed by atoms with Crippen LogP contribution in [0.25, 0.3) is 0 Å². The first-order valence-electron chi connectivity index (χ1n) is 9.12. The molecule has 0 radical (unpaired) electrons. The van der Waals surface area contributed by atoms with Crippen LogP contribution in [0.3, 0.4) is 0 Å². The van der Waals surface area contributed by atoms with E-state index in [4.69, 9.17) is 4.74 Å². The van der Waals surface area contributed by atoms with Crippen molar-refractivity contribution in [1.29, 1.82) is 0 Å². The molecule has 0 saturated heterocycles. The molecule has 0 unspecified atom stereocenters. The van der Waals surface area contributed by atoms with Gasteiger partial charge in [0.2, 0.25) is 0 Å². The normalized spacial score (nSPS) is 9.86. The molecule has 0 fully saturated rings. The lowest BCUT2D eigenvalue weighted by atomic mass is 10.0. The van der Waals surface area contributed by atoms with Crippen LogP contribution in [-0.4, -0.2) is 7.11 Å². The minimum Gasteiger partial charge on any atom is -0.495 e. The highest BCUT2D eigenvalue weighted by atomic mass is 19.1. The van der Waals surface area contributed by atoms with Crippen LogP contribution in [-0.2, 0) is 0 Å². The van der Waals surface area contributed by atoms with Gasteiger partial charge in [-0.15, -0.1) is 0 Å². The Labute approximate surface area is 170 Å². The van der Waals surface area contributed by atoms with E-state index in [1.807, 2.05) is 44.2 Å². The average Bonchev–Trinajstić information content (AvgIpc) is 2.67. The second kappa shape index (κ2) is 8.63. The van der Waals surface area contributed by atoms with E-state index in [0.717, 1.165) is 16.7 Å². The van der Waals surface area contributed by atoms with Crippen LogP contribution in [0.2, 0.25) is 0 Å². The average molecular weight is 386 g/mol. The summed E-state index contributed by atoms with van der Waals surface area (Å²) in [5, 5.41) is 0. The molecule has 3 aromatic rings. The molecule has 3 heteroatoms. The highest BCUT2D eigenvalue weighted by molar-refractivity contribution is 5.58. The molecule has 29 heavy (non-hydrogen) atoms. The topological polar surface area (TPSA) is 9.23 Å². The first-order valence-corrected chi connectivity index (χ1v) is 9.12. The Hall–Kier alpha value is -3.56. The summed E-state index contributed by atoms with van der Waals surface area (Å²) in [5.41, 5.74) is 4.56. The predicted molar refractivity (Wildman–Crippen MR) is 112 cm³/mol. The van der Waals surface area contributed by atoms with E-state index in [0.29, 0.717) is 16.9 Å². The largest absolute Gasteiger partial charge is 0.495 e. The molecule has 1 nitrogen and oxygen atoms in total. The Balaban J connectivity index is 1.98. The monoisotopic (exact) mass is 386 g/mol. The van der Waals surface area contributed by atoms with Gasteiger partial charge >= 0.3 is 0 Å². The van der Waals surface area contributed by atoms with E-state index >= 15 is 0 Å². The minimum absolute atomic E-state index is 0.239. The summed E-state index contributed by atoms with van der Waals surface area (Å²) >= 11 is 0. The van der Waals surface area contributed by atoms with E-state index < -0.39 is 11.6 Å². The molecule has 0 amide bonds. The van der Waals surface area contributed by atoms with Gasteiger partial charge in [0.25, 0.3) is 0 Å². The van der Waals surface area contributed by atoms with Gasteiger partial charge in [-0.3, -0.25) is 0 Å². The van der Waals surface area contributed by atoms with Gasteiger partial charge in [-0.1, -0.05) is 41.4 Å². The minimum atomic E-state index is -0.666. The molecule has 0 aliphatic rings. The zero-order valence-electron chi connectivity index (χ0n) is 16.8. The molecule has 3 rings (SSSR count). The summed E-state index contributed by atoms with van der Waals surface area (Å²) in [6.45, 7) is 5.54. The van der Waals surface area contributed by atoms with Crippen LogP contribution < -0.4 is 4.74 Å². The van der Waals surface area contributed by atoms with Crippen LogP contribution in [0.15, 0.2) is 48.5 Å². The van der Waals surface area contributed by atoms with Crippen molar-refractivity contribution in [3.8, 4) is 29.4 Å². The van der Waals surface area contributed by atoms with E-state index in [-0.39, 0.29) is 5.56 Å². The molecule has 0 atom stereocenters. The van der Waals surface area contributed by atoms with Crippen molar-refractivity contribution >= 4 is 0 Å². The fraction of sp³-hybridized carbons (Fsp3) is 0.154. The maximum atomic E-state index is 14.0. The predicted octanol–water partition coefficient (Wildman–Crippen LogP) is 5.70. The number of hydrogen-bond donors (Lipinski definition) is 0. The Kier molecular flexibility index (Phi) is 6.01.